The van der Waals surface area contributed by atoms with Crippen LogP contribution in [0.1, 0.15) is 19.8 Å². The molecule has 0 aromatic rings. The van der Waals surface area contributed by atoms with Gasteiger partial charge in [-0.2, -0.15) is 10.2 Å². The van der Waals surface area contributed by atoms with Gasteiger partial charge in [-0.05, 0) is 6.92 Å². The van der Waals surface area contributed by atoms with E-state index in [-0.39, 0.29) is 11.7 Å². The zero-order valence-electron chi connectivity index (χ0n) is 6.90. The molecule has 2 aliphatic rings. The van der Waals surface area contributed by atoms with Gasteiger partial charge in [0.1, 0.15) is 0 Å². The van der Waals surface area contributed by atoms with Crippen molar-refractivity contribution in [3.63, 3.8) is 0 Å². The Kier molecular flexibility index (Phi) is 1.37. The summed E-state index contributed by atoms with van der Waals surface area (Å²) in [6, 6.07) is 0.0475. The summed E-state index contributed by atoms with van der Waals surface area (Å²) in [5.74, 6) is 0. The summed E-state index contributed by atoms with van der Waals surface area (Å²) in [6.45, 7) is 2.46. The molecule has 2 rings (SSSR count). The standard InChI is InChI=1S/C7H11N3O2/c1-5-4-7(8-9-7)2-3-10(5)6(11)12/h5H,2-4H2,1H3,(H,11,12)/t5-/m0/s1. The van der Waals surface area contributed by atoms with Crippen LogP contribution in [-0.4, -0.2) is 34.3 Å². The largest absolute Gasteiger partial charge is 0.465 e. The highest BCUT2D eigenvalue weighted by Crippen LogP contribution is 2.40. The Morgan fingerprint density at radius 1 is 1.67 bits per heavy atom. The van der Waals surface area contributed by atoms with Gasteiger partial charge in [0.2, 0.25) is 0 Å². The predicted molar refractivity (Wildman–Crippen MR) is 41.0 cm³/mol. The normalized spacial score (nSPS) is 30.8. The van der Waals surface area contributed by atoms with E-state index < -0.39 is 6.09 Å². The van der Waals surface area contributed by atoms with Gasteiger partial charge in [-0.3, -0.25) is 0 Å². The zero-order valence-corrected chi connectivity index (χ0v) is 6.90. The summed E-state index contributed by atoms with van der Waals surface area (Å²) in [5, 5.41) is 16.6. The molecular formula is C7H11N3O2. The van der Waals surface area contributed by atoms with Crippen LogP contribution in [0.4, 0.5) is 4.79 Å². The molecule has 0 unspecified atom stereocenters. The first kappa shape index (κ1) is 7.52. The number of carbonyl (C=O) groups is 1. The number of carboxylic acid groups (broad SMARTS) is 1. The molecule has 0 aliphatic carbocycles. The highest BCUT2D eigenvalue weighted by atomic mass is 16.4. The summed E-state index contributed by atoms with van der Waals surface area (Å²) in [7, 11) is 0. The SMILES string of the molecule is C[C@H]1CC2(CCN1C(=O)O)N=N2. The van der Waals surface area contributed by atoms with E-state index in [1.54, 1.807) is 0 Å². The van der Waals surface area contributed by atoms with Crippen molar-refractivity contribution >= 4 is 6.09 Å². The minimum atomic E-state index is -0.835. The second kappa shape index (κ2) is 2.18. The molecule has 1 fully saturated rings. The molecule has 1 saturated heterocycles. The number of amides is 1. The molecule has 2 heterocycles. The molecule has 0 bridgehead atoms. The van der Waals surface area contributed by atoms with Crippen LogP contribution in [0.5, 0.6) is 0 Å². The van der Waals surface area contributed by atoms with E-state index in [1.807, 2.05) is 6.92 Å². The van der Waals surface area contributed by atoms with E-state index in [1.165, 1.54) is 4.90 Å². The second-order valence-electron chi connectivity index (χ2n) is 3.46. The molecule has 0 aromatic carbocycles. The molecule has 1 N–H and O–H groups in total. The van der Waals surface area contributed by atoms with E-state index >= 15 is 0 Å². The molecule has 1 amide bonds. The third kappa shape index (κ3) is 1.05. The van der Waals surface area contributed by atoms with Crippen molar-refractivity contribution in [1.82, 2.24) is 4.90 Å². The molecule has 0 aromatic heterocycles. The lowest BCUT2D eigenvalue weighted by Crippen LogP contribution is -2.46. The first-order chi connectivity index (χ1) is 5.63. The van der Waals surface area contributed by atoms with E-state index in [2.05, 4.69) is 10.2 Å². The Balaban J connectivity index is 2.00. The van der Waals surface area contributed by atoms with Crippen LogP contribution in [-0.2, 0) is 0 Å². The van der Waals surface area contributed by atoms with E-state index in [0.29, 0.717) is 6.54 Å². The third-order valence-corrected chi connectivity index (χ3v) is 2.54. The fraction of sp³-hybridized carbons (Fsp3) is 0.857. The van der Waals surface area contributed by atoms with Crippen LogP contribution in [0.25, 0.3) is 0 Å². The minimum Gasteiger partial charge on any atom is -0.465 e. The van der Waals surface area contributed by atoms with Gasteiger partial charge in [0.05, 0.1) is 0 Å². The van der Waals surface area contributed by atoms with Crippen LogP contribution in [0.2, 0.25) is 0 Å². The Bertz CT molecular complexity index is 245. The average molecular weight is 169 g/mol. The first-order valence-electron chi connectivity index (χ1n) is 4.07. The van der Waals surface area contributed by atoms with Crippen LogP contribution in [0.15, 0.2) is 10.2 Å². The highest BCUT2D eigenvalue weighted by molar-refractivity contribution is 5.65. The topological polar surface area (TPSA) is 65.3 Å². The van der Waals surface area contributed by atoms with Gasteiger partial charge < -0.3 is 10.0 Å². The van der Waals surface area contributed by atoms with Gasteiger partial charge in [-0.25, -0.2) is 4.79 Å². The zero-order chi connectivity index (χ0) is 8.77. The highest BCUT2D eigenvalue weighted by Gasteiger charge is 2.46. The van der Waals surface area contributed by atoms with E-state index in [9.17, 15) is 4.79 Å². The maximum absolute atomic E-state index is 10.7. The molecular weight excluding hydrogens is 158 g/mol. The van der Waals surface area contributed by atoms with Crippen molar-refractivity contribution in [2.24, 2.45) is 10.2 Å². The molecule has 0 saturated carbocycles. The summed E-state index contributed by atoms with van der Waals surface area (Å²) in [6.07, 6.45) is 0.668. The number of likely N-dealkylation sites (tertiary alicyclic amines) is 1. The van der Waals surface area contributed by atoms with Crippen molar-refractivity contribution in [2.45, 2.75) is 31.5 Å². The van der Waals surface area contributed by atoms with Crippen LogP contribution in [0, 0.1) is 0 Å². The van der Waals surface area contributed by atoms with Gasteiger partial charge in [0, 0.05) is 25.4 Å². The lowest BCUT2D eigenvalue weighted by molar-refractivity contribution is 0.101. The molecule has 5 nitrogen and oxygen atoms in total. The molecule has 1 spiro atoms. The van der Waals surface area contributed by atoms with Crippen LogP contribution in [0.3, 0.4) is 0 Å². The summed E-state index contributed by atoms with van der Waals surface area (Å²) in [5.41, 5.74) is -0.189. The molecule has 66 valence electrons. The Morgan fingerprint density at radius 3 is 2.75 bits per heavy atom. The number of piperidine rings is 1. The maximum Gasteiger partial charge on any atom is 0.407 e. The Labute approximate surface area is 70.1 Å². The van der Waals surface area contributed by atoms with Gasteiger partial charge in [-0.15, -0.1) is 0 Å². The Morgan fingerprint density at radius 2 is 2.33 bits per heavy atom. The molecule has 5 heteroatoms. The second-order valence-corrected chi connectivity index (χ2v) is 3.46. The smallest absolute Gasteiger partial charge is 0.407 e. The van der Waals surface area contributed by atoms with Crippen molar-refractivity contribution in [1.29, 1.82) is 0 Å². The van der Waals surface area contributed by atoms with Crippen molar-refractivity contribution < 1.29 is 9.90 Å². The maximum atomic E-state index is 10.7. The lowest BCUT2D eigenvalue weighted by Gasteiger charge is -2.33. The first-order valence-corrected chi connectivity index (χ1v) is 4.07. The summed E-state index contributed by atoms with van der Waals surface area (Å²) >= 11 is 0. The number of nitrogens with zero attached hydrogens (tertiary/aromatic N) is 3. The fourth-order valence-electron chi connectivity index (χ4n) is 1.74. The van der Waals surface area contributed by atoms with Gasteiger partial charge in [0.15, 0.2) is 5.66 Å². The monoisotopic (exact) mass is 169 g/mol. The summed E-state index contributed by atoms with van der Waals surface area (Å²) < 4.78 is 0. The fourth-order valence-corrected chi connectivity index (χ4v) is 1.74. The molecule has 12 heavy (non-hydrogen) atoms. The van der Waals surface area contributed by atoms with Gasteiger partial charge in [0.25, 0.3) is 0 Å². The van der Waals surface area contributed by atoms with Crippen molar-refractivity contribution in [3.05, 3.63) is 0 Å². The van der Waals surface area contributed by atoms with Crippen LogP contribution >= 0.6 is 0 Å². The van der Waals surface area contributed by atoms with Crippen LogP contribution < -0.4 is 0 Å². The van der Waals surface area contributed by atoms with Gasteiger partial charge >= 0.3 is 6.09 Å². The third-order valence-electron chi connectivity index (χ3n) is 2.54. The van der Waals surface area contributed by atoms with Crippen molar-refractivity contribution in [3.8, 4) is 0 Å². The van der Waals surface area contributed by atoms with Gasteiger partial charge in [-0.1, -0.05) is 0 Å². The Hall–Kier alpha value is -1.13. The molecule has 2 aliphatic heterocycles. The lowest BCUT2D eigenvalue weighted by atomic mass is 9.96. The predicted octanol–water partition coefficient (Wildman–Crippen LogP) is 1.31. The number of hydrogen-bond acceptors (Lipinski definition) is 3. The quantitative estimate of drug-likeness (QED) is 0.594. The van der Waals surface area contributed by atoms with Crippen molar-refractivity contribution in [2.75, 3.05) is 6.54 Å². The average Bonchev–Trinajstić information content (AvgIpc) is 2.68. The molecule has 1 atom stereocenters. The number of rotatable bonds is 0. The number of hydrogen-bond donors (Lipinski definition) is 1. The van der Waals surface area contributed by atoms with E-state index in [4.69, 9.17) is 5.11 Å². The summed E-state index contributed by atoms with van der Waals surface area (Å²) in [4.78, 5) is 12.1. The minimum absolute atomic E-state index is 0.0475. The van der Waals surface area contributed by atoms with E-state index in [0.717, 1.165) is 12.8 Å². The molecule has 0 radical (unpaired) electrons.